The normalized spacial score (nSPS) is 10.4. The maximum absolute atomic E-state index is 13.1. The molecule has 0 unspecified atom stereocenters. The average molecular weight is 250 g/mol. The van der Waals surface area contributed by atoms with Crippen molar-refractivity contribution in [2.45, 2.75) is 13.3 Å². The third kappa shape index (κ3) is 2.53. The van der Waals surface area contributed by atoms with Gasteiger partial charge in [0.25, 0.3) is 0 Å². The molecule has 2 aromatic rings. The monoisotopic (exact) mass is 250 g/mol. The van der Waals surface area contributed by atoms with E-state index in [0.29, 0.717) is 5.56 Å². The van der Waals surface area contributed by atoms with Gasteiger partial charge < -0.3 is 9.26 Å². The lowest BCUT2D eigenvalue weighted by atomic mass is 10.1. The quantitative estimate of drug-likeness (QED) is 0.778. The molecule has 0 aliphatic heterocycles. The topological polar surface area (TPSA) is 65.2 Å². The van der Waals surface area contributed by atoms with Gasteiger partial charge in [-0.25, -0.2) is 4.39 Å². The number of esters is 1. The zero-order valence-electron chi connectivity index (χ0n) is 9.94. The molecule has 0 saturated heterocycles. The van der Waals surface area contributed by atoms with E-state index in [2.05, 4.69) is 14.9 Å². The van der Waals surface area contributed by atoms with E-state index in [1.807, 2.05) is 6.92 Å². The van der Waals surface area contributed by atoms with Crippen LogP contribution in [-0.2, 0) is 16.0 Å². The molecule has 1 aromatic carbocycles. The zero-order valence-corrected chi connectivity index (χ0v) is 9.94. The van der Waals surface area contributed by atoms with Gasteiger partial charge in [0.15, 0.2) is 0 Å². The second-order valence-corrected chi connectivity index (χ2v) is 3.72. The second-order valence-electron chi connectivity index (χ2n) is 3.72. The Balaban J connectivity index is 2.29. The van der Waals surface area contributed by atoms with E-state index >= 15 is 0 Å². The Hall–Kier alpha value is -2.24. The maximum atomic E-state index is 13.1. The number of ether oxygens (including phenoxy) is 1. The molecule has 94 valence electrons. The van der Waals surface area contributed by atoms with Gasteiger partial charge in [0.2, 0.25) is 11.7 Å². The molecular formula is C12H11FN2O3. The molecule has 6 heteroatoms. The molecule has 2 rings (SSSR count). The lowest BCUT2D eigenvalue weighted by Gasteiger charge is -1.99. The Morgan fingerprint density at radius 3 is 3.00 bits per heavy atom. The average Bonchev–Trinajstić information content (AvgIpc) is 2.80. The smallest absolute Gasteiger partial charge is 0.315 e. The Morgan fingerprint density at radius 1 is 1.50 bits per heavy atom. The fourth-order valence-corrected chi connectivity index (χ4v) is 1.47. The van der Waals surface area contributed by atoms with Crippen molar-refractivity contribution in [3.05, 3.63) is 35.5 Å². The zero-order chi connectivity index (χ0) is 13.1. The van der Waals surface area contributed by atoms with Crippen molar-refractivity contribution >= 4 is 5.97 Å². The van der Waals surface area contributed by atoms with Gasteiger partial charge in [-0.3, -0.25) is 4.79 Å². The van der Waals surface area contributed by atoms with E-state index < -0.39 is 5.97 Å². The van der Waals surface area contributed by atoms with E-state index in [9.17, 15) is 9.18 Å². The van der Waals surface area contributed by atoms with Crippen molar-refractivity contribution in [3.63, 3.8) is 0 Å². The van der Waals surface area contributed by atoms with E-state index in [1.165, 1.54) is 19.2 Å². The number of halogens is 1. The van der Waals surface area contributed by atoms with Crippen LogP contribution in [-0.4, -0.2) is 23.2 Å². The highest BCUT2D eigenvalue weighted by atomic mass is 19.1. The van der Waals surface area contributed by atoms with Crippen molar-refractivity contribution in [1.29, 1.82) is 0 Å². The summed E-state index contributed by atoms with van der Waals surface area (Å²) in [6.07, 6.45) is -0.0993. The van der Waals surface area contributed by atoms with E-state index in [-0.39, 0.29) is 24.0 Å². The summed E-state index contributed by atoms with van der Waals surface area (Å²) >= 11 is 0. The molecule has 0 amide bonds. The van der Waals surface area contributed by atoms with E-state index in [4.69, 9.17) is 4.52 Å². The highest BCUT2D eigenvalue weighted by molar-refractivity contribution is 5.71. The number of nitrogens with zero attached hydrogens (tertiary/aromatic N) is 2. The van der Waals surface area contributed by atoms with Gasteiger partial charge in [-0.15, -0.1) is 0 Å². The first-order chi connectivity index (χ1) is 8.60. The number of rotatable bonds is 3. The van der Waals surface area contributed by atoms with Crippen LogP contribution in [0.4, 0.5) is 4.39 Å². The lowest BCUT2D eigenvalue weighted by Crippen LogP contribution is -2.04. The van der Waals surface area contributed by atoms with Gasteiger partial charge >= 0.3 is 5.97 Å². The van der Waals surface area contributed by atoms with Gasteiger partial charge in [-0.2, -0.15) is 4.98 Å². The minimum Gasteiger partial charge on any atom is -0.469 e. The molecule has 0 bridgehead atoms. The molecule has 0 saturated carbocycles. The van der Waals surface area contributed by atoms with Crippen LogP contribution >= 0.6 is 0 Å². The Bertz CT molecular complexity index is 580. The fraction of sp³-hybridized carbons (Fsp3) is 0.250. The number of aromatic nitrogens is 2. The molecule has 0 atom stereocenters. The van der Waals surface area contributed by atoms with Crippen molar-refractivity contribution in [1.82, 2.24) is 10.1 Å². The Labute approximate surface area is 103 Å². The van der Waals surface area contributed by atoms with Gasteiger partial charge in [-0.05, 0) is 24.6 Å². The molecule has 1 heterocycles. The SMILES string of the molecule is COC(=O)Cc1nc(-c2cc(F)ccc2C)no1. The summed E-state index contributed by atoms with van der Waals surface area (Å²) in [7, 11) is 1.27. The first kappa shape index (κ1) is 12.2. The number of carbonyl (C=O) groups is 1. The molecule has 18 heavy (non-hydrogen) atoms. The second kappa shape index (κ2) is 4.95. The van der Waals surface area contributed by atoms with Crippen LogP contribution in [0, 0.1) is 12.7 Å². The summed E-state index contributed by atoms with van der Waals surface area (Å²) in [4.78, 5) is 15.1. The first-order valence-corrected chi connectivity index (χ1v) is 5.26. The minimum atomic E-state index is -0.471. The van der Waals surface area contributed by atoms with Crippen molar-refractivity contribution < 1.29 is 18.4 Å². The number of benzene rings is 1. The van der Waals surface area contributed by atoms with Crippen LogP contribution in [0.3, 0.4) is 0 Å². The third-order valence-electron chi connectivity index (χ3n) is 2.43. The predicted molar refractivity (Wildman–Crippen MR) is 60.1 cm³/mol. The van der Waals surface area contributed by atoms with Crippen LogP contribution in [0.5, 0.6) is 0 Å². The standard InChI is InChI=1S/C12H11FN2O3/c1-7-3-4-8(13)5-9(7)12-14-10(18-15-12)6-11(16)17-2/h3-5H,6H2,1-2H3. The minimum absolute atomic E-state index is 0.0993. The summed E-state index contributed by atoms with van der Waals surface area (Å²) < 4.78 is 22.5. The predicted octanol–water partition coefficient (Wildman–Crippen LogP) is 1.90. The molecular weight excluding hydrogens is 239 g/mol. The van der Waals surface area contributed by atoms with Crippen LogP contribution in [0.25, 0.3) is 11.4 Å². The van der Waals surface area contributed by atoms with Crippen LogP contribution in [0.1, 0.15) is 11.5 Å². The third-order valence-corrected chi connectivity index (χ3v) is 2.43. The van der Waals surface area contributed by atoms with E-state index in [1.54, 1.807) is 6.07 Å². The largest absolute Gasteiger partial charge is 0.469 e. The summed E-state index contributed by atoms with van der Waals surface area (Å²) in [6, 6.07) is 4.30. The lowest BCUT2D eigenvalue weighted by molar-refractivity contribution is -0.140. The van der Waals surface area contributed by atoms with Crippen molar-refractivity contribution in [3.8, 4) is 11.4 Å². The summed E-state index contributed by atoms with van der Waals surface area (Å²) in [5.41, 5.74) is 1.36. The maximum Gasteiger partial charge on any atom is 0.315 e. The van der Waals surface area contributed by atoms with Crippen molar-refractivity contribution in [2.75, 3.05) is 7.11 Å². The summed E-state index contributed by atoms with van der Waals surface area (Å²) in [5.74, 6) is -0.456. The molecule has 0 N–H and O–H groups in total. The molecule has 0 aliphatic rings. The first-order valence-electron chi connectivity index (χ1n) is 5.26. The summed E-state index contributed by atoms with van der Waals surface area (Å²) in [6.45, 7) is 1.81. The van der Waals surface area contributed by atoms with Crippen molar-refractivity contribution in [2.24, 2.45) is 0 Å². The molecule has 0 fully saturated rings. The van der Waals surface area contributed by atoms with E-state index in [0.717, 1.165) is 5.56 Å². The molecule has 1 aromatic heterocycles. The summed E-state index contributed by atoms with van der Waals surface area (Å²) in [5, 5.41) is 3.72. The van der Waals surface area contributed by atoms with Crippen LogP contribution < -0.4 is 0 Å². The number of aryl methyl sites for hydroxylation is 1. The number of hydrogen-bond donors (Lipinski definition) is 0. The number of carbonyl (C=O) groups excluding carboxylic acids is 1. The molecule has 5 nitrogen and oxygen atoms in total. The molecule has 0 radical (unpaired) electrons. The Kier molecular flexibility index (Phi) is 3.36. The van der Waals surface area contributed by atoms with Crippen LogP contribution in [0.2, 0.25) is 0 Å². The number of methoxy groups -OCH3 is 1. The fourth-order valence-electron chi connectivity index (χ4n) is 1.47. The highest BCUT2D eigenvalue weighted by Gasteiger charge is 2.14. The Morgan fingerprint density at radius 2 is 2.28 bits per heavy atom. The molecule has 0 spiro atoms. The highest BCUT2D eigenvalue weighted by Crippen LogP contribution is 2.21. The van der Waals surface area contributed by atoms with Gasteiger partial charge in [0, 0.05) is 5.56 Å². The van der Waals surface area contributed by atoms with Gasteiger partial charge in [-0.1, -0.05) is 11.2 Å². The van der Waals surface area contributed by atoms with Crippen LogP contribution in [0.15, 0.2) is 22.7 Å². The number of hydrogen-bond acceptors (Lipinski definition) is 5. The molecule has 0 aliphatic carbocycles. The van der Waals surface area contributed by atoms with Gasteiger partial charge in [0.1, 0.15) is 12.2 Å². The van der Waals surface area contributed by atoms with Gasteiger partial charge in [0.05, 0.1) is 7.11 Å².